The highest BCUT2D eigenvalue weighted by Gasteiger charge is 2.28. The number of aliphatic hydroxyl groups excluding tert-OH is 4. The average molecular weight is 229 g/mol. The second-order valence-electron chi connectivity index (χ2n) is 1.99. The first-order chi connectivity index (χ1) is 5.00. The lowest BCUT2D eigenvalue weighted by Gasteiger charge is -2.18. The summed E-state index contributed by atoms with van der Waals surface area (Å²) < 4.78 is -0.836. The molecule has 0 saturated carbocycles. The van der Waals surface area contributed by atoms with E-state index >= 15 is 0 Å². The number of hydrogen-bond acceptors (Lipinski definition) is 5. The van der Waals surface area contributed by atoms with E-state index in [2.05, 4.69) is 15.9 Å². The molecule has 0 rings (SSSR count). The van der Waals surface area contributed by atoms with Crippen molar-refractivity contribution in [2.45, 2.75) is 18.3 Å². The van der Waals surface area contributed by atoms with E-state index in [1.54, 1.807) is 0 Å². The fourth-order valence-electron chi connectivity index (χ4n) is 0.453. The largest absolute Gasteiger partial charge is 0.394 e. The predicted octanol–water partition coefficient (Wildman–Crippen LogP) is -2.02. The van der Waals surface area contributed by atoms with Crippen LogP contribution >= 0.6 is 15.9 Å². The topological polar surface area (TPSA) is 98.0 Å². The summed E-state index contributed by atoms with van der Waals surface area (Å²) in [6, 6.07) is 0. The Bertz CT molecular complexity index is 139. The predicted molar refractivity (Wildman–Crippen MR) is 39.0 cm³/mol. The van der Waals surface area contributed by atoms with Gasteiger partial charge in [-0.25, -0.2) is 0 Å². The van der Waals surface area contributed by atoms with Gasteiger partial charge in [0, 0.05) is 0 Å². The number of halogens is 1. The van der Waals surface area contributed by atoms with Crippen LogP contribution in [0.4, 0.5) is 0 Å². The summed E-state index contributed by atoms with van der Waals surface area (Å²) in [6.07, 6.45) is -4.88. The van der Waals surface area contributed by atoms with Crippen molar-refractivity contribution in [2.75, 3.05) is 6.61 Å². The quantitative estimate of drug-likeness (QED) is 0.417. The molecule has 66 valence electrons. The lowest BCUT2D eigenvalue weighted by atomic mass is 10.1. The second-order valence-corrected chi connectivity index (χ2v) is 2.77. The second kappa shape index (κ2) is 4.78. The van der Waals surface area contributed by atoms with E-state index in [-0.39, 0.29) is 0 Å². The Morgan fingerprint density at radius 2 is 1.82 bits per heavy atom. The molecule has 0 spiro atoms. The summed E-state index contributed by atoms with van der Waals surface area (Å²) in [6.45, 7) is -0.710. The molecule has 0 unspecified atom stereocenters. The molecular formula is C5H9BrO5. The normalized spacial score (nSPS) is 19.0. The third-order valence-electron chi connectivity index (χ3n) is 1.14. The number of rotatable bonds is 4. The Balaban J connectivity index is 4.00. The minimum atomic E-state index is -1.71. The summed E-state index contributed by atoms with van der Waals surface area (Å²) in [7, 11) is 0. The van der Waals surface area contributed by atoms with Crippen LogP contribution in [0.2, 0.25) is 0 Å². The van der Waals surface area contributed by atoms with Gasteiger partial charge in [0.1, 0.15) is 12.2 Å². The van der Waals surface area contributed by atoms with Gasteiger partial charge in [-0.15, -0.1) is 0 Å². The third-order valence-corrected chi connectivity index (χ3v) is 1.61. The first-order valence-corrected chi connectivity index (χ1v) is 3.64. The van der Waals surface area contributed by atoms with Gasteiger partial charge >= 0.3 is 0 Å². The minimum absolute atomic E-state index is 0.710. The highest BCUT2D eigenvalue weighted by molar-refractivity contribution is 9.18. The van der Waals surface area contributed by atoms with E-state index in [1.807, 2.05) is 0 Å². The summed E-state index contributed by atoms with van der Waals surface area (Å²) in [5, 5.41) is 34.6. The van der Waals surface area contributed by atoms with Crippen molar-refractivity contribution in [3.05, 3.63) is 0 Å². The van der Waals surface area contributed by atoms with Gasteiger partial charge in [0.15, 0.2) is 6.10 Å². The molecule has 0 amide bonds. The Morgan fingerprint density at radius 1 is 1.36 bits per heavy atom. The van der Waals surface area contributed by atoms with Gasteiger partial charge in [-0.2, -0.15) is 0 Å². The molecule has 11 heavy (non-hydrogen) atoms. The minimum Gasteiger partial charge on any atom is -0.394 e. The lowest BCUT2D eigenvalue weighted by molar-refractivity contribution is -0.130. The SMILES string of the molecule is O=C(Br)[C@H](O)[C@H](O)[C@H](O)CO. The van der Waals surface area contributed by atoms with E-state index in [9.17, 15) is 4.79 Å². The van der Waals surface area contributed by atoms with E-state index in [1.165, 1.54) is 0 Å². The van der Waals surface area contributed by atoms with Crippen molar-refractivity contribution in [2.24, 2.45) is 0 Å². The van der Waals surface area contributed by atoms with Crippen molar-refractivity contribution < 1.29 is 25.2 Å². The van der Waals surface area contributed by atoms with Gasteiger partial charge in [0.2, 0.25) is 4.69 Å². The first-order valence-electron chi connectivity index (χ1n) is 2.85. The molecule has 0 aliphatic carbocycles. The van der Waals surface area contributed by atoms with Crippen molar-refractivity contribution in [1.29, 1.82) is 0 Å². The smallest absolute Gasteiger partial charge is 0.228 e. The maximum atomic E-state index is 10.3. The molecule has 0 aliphatic rings. The van der Waals surface area contributed by atoms with Crippen LogP contribution in [0.1, 0.15) is 0 Å². The zero-order chi connectivity index (χ0) is 9.02. The van der Waals surface area contributed by atoms with Crippen molar-refractivity contribution in [3.63, 3.8) is 0 Å². The fraction of sp³-hybridized carbons (Fsp3) is 0.800. The van der Waals surface area contributed by atoms with Crippen LogP contribution in [0.5, 0.6) is 0 Å². The van der Waals surface area contributed by atoms with Gasteiger partial charge < -0.3 is 20.4 Å². The summed E-state index contributed by atoms with van der Waals surface area (Å²) in [5.74, 6) is 0. The Labute approximate surface area is 71.4 Å². The Hall–Kier alpha value is -0.0100. The van der Waals surface area contributed by atoms with Crippen LogP contribution < -0.4 is 0 Å². The van der Waals surface area contributed by atoms with Gasteiger partial charge in [0.25, 0.3) is 0 Å². The summed E-state index contributed by atoms with van der Waals surface area (Å²) in [5.41, 5.74) is 0. The molecule has 0 heterocycles. The molecule has 3 atom stereocenters. The van der Waals surface area contributed by atoms with Gasteiger partial charge in [-0.05, 0) is 15.9 Å². The number of carbonyl (C=O) groups excluding carboxylic acids is 1. The molecule has 0 aromatic rings. The zero-order valence-electron chi connectivity index (χ0n) is 5.51. The molecule has 0 aliphatic heterocycles. The van der Waals surface area contributed by atoms with Crippen LogP contribution in [0.25, 0.3) is 0 Å². The Morgan fingerprint density at radius 3 is 2.09 bits per heavy atom. The number of carbonyl (C=O) groups is 1. The van der Waals surface area contributed by atoms with Gasteiger partial charge in [0.05, 0.1) is 6.61 Å². The molecule has 5 nitrogen and oxygen atoms in total. The molecule has 0 aromatic heterocycles. The molecule has 0 bridgehead atoms. The van der Waals surface area contributed by atoms with Crippen LogP contribution in [-0.2, 0) is 4.79 Å². The van der Waals surface area contributed by atoms with Crippen LogP contribution in [0.15, 0.2) is 0 Å². The first kappa shape index (κ1) is 11.0. The highest BCUT2D eigenvalue weighted by Crippen LogP contribution is 2.04. The average Bonchev–Trinajstić information content (AvgIpc) is 2.00. The van der Waals surface area contributed by atoms with Crippen molar-refractivity contribution in [3.8, 4) is 0 Å². The maximum Gasteiger partial charge on any atom is 0.228 e. The van der Waals surface area contributed by atoms with Crippen LogP contribution in [0.3, 0.4) is 0 Å². The van der Waals surface area contributed by atoms with Gasteiger partial charge in [-0.3, -0.25) is 4.79 Å². The summed E-state index contributed by atoms with van der Waals surface area (Å²) >= 11 is 2.40. The standard InChI is InChI=1S/C5H9BrO5/c6-5(11)4(10)3(9)2(8)1-7/h2-4,7-10H,1H2/t2-,3-,4-/m1/s1. The summed E-state index contributed by atoms with van der Waals surface area (Å²) in [4.78, 5) is 10.3. The van der Waals surface area contributed by atoms with Gasteiger partial charge in [-0.1, -0.05) is 0 Å². The Kier molecular flexibility index (Phi) is 4.78. The molecule has 0 saturated heterocycles. The van der Waals surface area contributed by atoms with E-state index in [0.717, 1.165) is 0 Å². The number of aliphatic hydroxyl groups is 4. The molecule has 6 heteroatoms. The molecular weight excluding hydrogens is 220 g/mol. The van der Waals surface area contributed by atoms with E-state index in [0.29, 0.717) is 0 Å². The monoisotopic (exact) mass is 228 g/mol. The van der Waals surface area contributed by atoms with Crippen LogP contribution in [0, 0.1) is 0 Å². The fourth-order valence-corrected chi connectivity index (χ4v) is 0.724. The van der Waals surface area contributed by atoms with E-state index in [4.69, 9.17) is 20.4 Å². The third kappa shape index (κ3) is 3.26. The van der Waals surface area contributed by atoms with Crippen molar-refractivity contribution in [1.82, 2.24) is 0 Å². The maximum absolute atomic E-state index is 10.3. The lowest BCUT2D eigenvalue weighted by Crippen LogP contribution is -2.42. The molecule has 4 N–H and O–H groups in total. The van der Waals surface area contributed by atoms with E-state index < -0.39 is 29.6 Å². The number of hydrogen-bond donors (Lipinski definition) is 4. The molecule has 0 fully saturated rings. The highest BCUT2D eigenvalue weighted by atomic mass is 79.9. The molecule has 0 aromatic carbocycles. The van der Waals surface area contributed by atoms with Crippen LogP contribution in [-0.4, -0.2) is 50.0 Å². The van der Waals surface area contributed by atoms with Crippen molar-refractivity contribution >= 4 is 20.6 Å². The molecule has 0 radical (unpaired) electrons. The zero-order valence-corrected chi connectivity index (χ0v) is 7.10.